The van der Waals surface area contributed by atoms with Crippen LogP contribution in [-0.2, 0) is 6.42 Å². The molecule has 0 saturated heterocycles. The third-order valence-electron chi connectivity index (χ3n) is 5.05. The molecule has 1 aromatic heterocycles. The van der Waals surface area contributed by atoms with Crippen LogP contribution >= 0.6 is 11.8 Å². The van der Waals surface area contributed by atoms with Crippen molar-refractivity contribution in [1.29, 1.82) is 0 Å². The molecule has 5 nitrogen and oxygen atoms in total. The second-order valence-electron chi connectivity index (χ2n) is 7.46. The van der Waals surface area contributed by atoms with Crippen LogP contribution in [-0.4, -0.2) is 34.9 Å². The van der Waals surface area contributed by atoms with Crippen molar-refractivity contribution >= 4 is 11.8 Å². The molecule has 160 valence electrons. The number of nitrogens with zero attached hydrogens (tertiary/aromatic N) is 2. The highest BCUT2D eigenvalue weighted by Gasteiger charge is 2.15. The molecule has 0 amide bonds. The molecule has 0 aliphatic rings. The molecule has 1 aromatic carbocycles. The lowest BCUT2D eigenvalue weighted by molar-refractivity contribution is -0.897. The molecule has 2 aromatic rings. The molecule has 2 rings (SSSR count). The van der Waals surface area contributed by atoms with Crippen LogP contribution in [0.25, 0.3) is 5.69 Å². The lowest BCUT2D eigenvalue weighted by Gasteiger charge is -2.20. The van der Waals surface area contributed by atoms with Crippen LogP contribution in [0, 0.1) is 0 Å². The topological polar surface area (TPSA) is 62.4 Å². The molecule has 0 unspecified atom stereocenters. The number of quaternary nitrogens is 1. The van der Waals surface area contributed by atoms with Gasteiger partial charge < -0.3 is 10.0 Å². The van der Waals surface area contributed by atoms with E-state index in [4.69, 9.17) is 0 Å². The maximum Gasteiger partial charge on any atom is 0.261 e. The Bertz CT molecular complexity index is 787. The van der Waals surface area contributed by atoms with Gasteiger partial charge in [-0.15, -0.1) is 0 Å². The molecular formula is C23H35N3O2S. The Balaban J connectivity index is 2.29. The third-order valence-corrected chi connectivity index (χ3v) is 5.99. The molecule has 1 heterocycles. The van der Waals surface area contributed by atoms with Crippen LogP contribution in [0.2, 0.25) is 0 Å². The van der Waals surface area contributed by atoms with Crippen LogP contribution in [0.3, 0.4) is 0 Å². The van der Waals surface area contributed by atoms with E-state index in [1.165, 1.54) is 11.8 Å². The number of unbranched alkanes of at least 4 members (excludes halogenated alkanes) is 2. The van der Waals surface area contributed by atoms with Gasteiger partial charge in [-0.1, -0.05) is 63.6 Å². The summed E-state index contributed by atoms with van der Waals surface area (Å²) >= 11 is 1.52. The third kappa shape index (κ3) is 6.89. The molecule has 0 aliphatic carbocycles. The van der Waals surface area contributed by atoms with Crippen LogP contribution in [0.5, 0.6) is 5.88 Å². The normalized spacial score (nSPS) is 11.3. The Kier molecular flexibility index (Phi) is 10.3. The van der Waals surface area contributed by atoms with E-state index in [2.05, 4.69) is 25.8 Å². The average Bonchev–Trinajstić information content (AvgIpc) is 2.71. The number of benzene rings is 1. The second-order valence-corrected chi connectivity index (χ2v) is 8.52. The predicted octanol–water partition coefficient (Wildman–Crippen LogP) is 2.84. The number of nitrogens with one attached hydrogen (secondary N) is 1. The fourth-order valence-electron chi connectivity index (χ4n) is 3.55. The molecule has 0 saturated carbocycles. The molecule has 0 aliphatic heterocycles. The summed E-state index contributed by atoms with van der Waals surface area (Å²) in [6, 6.07) is 9.55. The summed E-state index contributed by atoms with van der Waals surface area (Å²) in [5.74, 6) is 0.482. The van der Waals surface area contributed by atoms with Crippen molar-refractivity contribution in [3.05, 3.63) is 46.2 Å². The van der Waals surface area contributed by atoms with Gasteiger partial charge in [-0.2, -0.15) is 0 Å². The molecule has 29 heavy (non-hydrogen) atoms. The van der Waals surface area contributed by atoms with Gasteiger partial charge >= 0.3 is 0 Å². The molecule has 1 N–H and O–H groups in total. The van der Waals surface area contributed by atoms with Crippen molar-refractivity contribution < 1.29 is 10.0 Å². The SMILES string of the molecule is CCCCCc1c([O-])nc(SCC[NH+](CCC)CCC)n(-c2ccccc2)c1=O. The lowest BCUT2D eigenvalue weighted by atomic mass is 10.1. The molecule has 0 spiro atoms. The summed E-state index contributed by atoms with van der Waals surface area (Å²) in [4.78, 5) is 19.1. The Morgan fingerprint density at radius 3 is 2.31 bits per heavy atom. The average molecular weight is 418 g/mol. The van der Waals surface area contributed by atoms with E-state index in [1.54, 1.807) is 9.47 Å². The minimum atomic E-state index is -0.355. The van der Waals surface area contributed by atoms with Gasteiger partial charge in [-0.25, -0.2) is 4.98 Å². The van der Waals surface area contributed by atoms with Gasteiger partial charge in [0.25, 0.3) is 5.56 Å². The number of aromatic nitrogens is 2. The first-order valence-electron chi connectivity index (χ1n) is 11.0. The lowest BCUT2D eigenvalue weighted by Crippen LogP contribution is -3.12. The zero-order valence-electron chi connectivity index (χ0n) is 18.1. The molecule has 0 atom stereocenters. The molecule has 0 radical (unpaired) electrons. The Morgan fingerprint density at radius 2 is 1.69 bits per heavy atom. The molecular weight excluding hydrogens is 382 g/mol. The highest BCUT2D eigenvalue weighted by Crippen LogP contribution is 2.22. The monoisotopic (exact) mass is 417 g/mol. The zero-order valence-corrected chi connectivity index (χ0v) is 18.9. The van der Waals surface area contributed by atoms with Gasteiger partial charge in [0.1, 0.15) is 0 Å². The van der Waals surface area contributed by atoms with Gasteiger partial charge in [0.05, 0.1) is 31.1 Å². The maximum absolute atomic E-state index is 13.2. The minimum absolute atomic E-state index is 0.207. The van der Waals surface area contributed by atoms with Gasteiger partial charge in [0.2, 0.25) is 0 Å². The van der Waals surface area contributed by atoms with Crippen molar-refractivity contribution in [2.75, 3.05) is 25.4 Å². The molecule has 0 fully saturated rings. The fraction of sp³-hybridized carbons (Fsp3) is 0.565. The van der Waals surface area contributed by atoms with Gasteiger partial charge in [0, 0.05) is 5.56 Å². The van der Waals surface area contributed by atoms with Gasteiger partial charge in [-0.3, -0.25) is 9.36 Å². The highest BCUT2D eigenvalue weighted by molar-refractivity contribution is 7.99. The van der Waals surface area contributed by atoms with Crippen molar-refractivity contribution in [2.45, 2.75) is 64.5 Å². The van der Waals surface area contributed by atoms with E-state index >= 15 is 0 Å². The standard InChI is InChI=1S/C23H35N3O2S/c1-4-7-9-14-20-21(27)24-23(29-18-17-25(15-5-2)16-6-3)26(22(20)28)19-12-10-8-11-13-19/h8,10-13,27H,4-7,9,14-18H2,1-3H3. The van der Waals surface area contributed by atoms with E-state index in [-0.39, 0.29) is 11.4 Å². The number of rotatable bonds is 13. The summed E-state index contributed by atoms with van der Waals surface area (Å²) in [5, 5.41) is 13.1. The number of para-hydroxylation sites is 1. The summed E-state index contributed by atoms with van der Waals surface area (Å²) in [6.07, 6.45) is 5.72. The minimum Gasteiger partial charge on any atom is -0.858 e. The number of hydrogen-bond donors (Lipinski definition) is 1. The molecule has 0 bridgehead atoms. The zero-order chi connectivity index (χ0) is 21.1. The van der Waals surface area contributed by atoms with Gasteiger partial charge in [-0.05, 0) is 43.7 Å². The van der Waals surface area contributed by atoms with E-state index in [0.717, 1.165) is 63.2 Å². The highest BCUT2D eigenvalue weighted by atomic mass is 32.2. The summed E-state index contributed by atoms with van der Waals surface area (Å²) < 4.78 is 1.63. The van der Waals surface area contributed by atoms with Crippen molar-refractivity contribution in [1.82, 2.24) is 9.55 Å². The summed E-state index contributed by atoms with van der Waals surface area (Å²) in [5.41, 5.74) is 0.882. The van der Waals surface area contributed by atoms with Crippen LogP contribution in [0.4, 0.5) is 0 Å². The first kappa shape index (κ1) is 23.5. The van der Waals surface area contributed by atoms with Crippen molar-refractivity contribution in [2.24, 2.45) is 0 Å². The van der Waals surface area contributed by atoms with E-state index in [1.807, 2.05) is 30.3 Å². The van der Waals surface area contributed by atoms with Crippen LogP contribution in [0.1, 0.15) is 58.4 Å². The summed E-state index contributed by atoms with van der Waals surface area (Å²) in [6.45, 7) is 9.83. The first-order valence-corrected chi connectivity index (χ1v) is 12.0. The number of hydrogen-bond acceptors (Lipinski definition) is 4. The Labute approximate surface area is 179 Å². The van der Waals surface area contributed by atoms with E-state index in [9.17, 15) is 9.90 Å². The van der Waals surface area contributed by atoms with Crippen LogP contribution in [0.15, 0.2) is 40.3 Å². The predicted molar refractivity (Wildman–Crippen MR) is 119 cm³/mol. The maximum atomic E-state index is 13.2. The van der Waals surface area contributed by atoms with E-state index in [0.29, 0.717) is 17.1 Å². The molecule has 6 heteroatoms. The van der Waals surface area contributed by atoms with Crippen molar-refractivity contribution in [3.63, 3.8) is 0 Å². The van der Waals surface area contributed by atoms with Gasteiger partial charge in [0.15, 0.2) is 5.16 Å². The van der Waals surface area contributed by atoms with Crippen molar-refractivity contribution in [3.8, 4) is 11.6 Å². The quantitative estimate of drug-likeness (QED) is 0.309. The smallest absolute Gasteiger partial charge is 0.261 e. The Morgan fingerprint density at radius 1 is 1.00 bits per heavy atom. The first-order chi connectivity index (χ1) is 14.1. The fourth-order valence-corrected chi connectivity index (χ4v) is 4.59. The van der Waals surface area contributed by atoms with Crippen LogP contribution < -0.4 is 15.6 Å². The van der Waals surface area contributed by atoms with E-state index < -0.39 is 0 Å². The Hall–Kier alpha value is -1.79. The second kappa shape index (κ2) is 12.7. The summed E-state index contributed by atoms with van der Waals surface area (Å²) in [7, 11) is 0. The largest absolute Gasteiger partial charge is 0.858 e. The number of thioether (sulfide) groups is 1.